The molecule has 0 atom stereocenters. The van der Waals surface area contributed by atoms with E-state index in [-0.39, 0.29) is 0 Å². The number of thioether (sulfide) groups is 1. The first-order valence-corrected chi connectivity index (χ1v) is 7.46. The van der Waals surface area contributed by atoms with Crippen molar-refractivity contribution in [3.63, 3.8) is 0 Å². The third-order valence-electron chi connectivity index (χ3n) is 2.50. The van der Waals surface area contributed by atoms with Gasteiger partial charge in [-0.25, -0.2) is 15.8 Å². The van der Waals surface area contributed by atoms with Crippen molar-refractivity contribution >= 4 is 23.4 Å². The summed E-state index contributed by atoms with van der Waals surface area (Å²) >= 11 is 1.50. The fourth-order valence-electron chi connectivity index (χ4n) is 1.68. The van der Waals surface area contributed by atoms with E-state index >= 15 is 0 Å². The number of aromatic nitrogens is 2. The first-order valence-electron chi connectivity index (χ1n) is 6.24. The Bertz CT molecular complexity index is 366. The minimum atomic E-state index is 0.541. The van der Waals surface area contributed by atoms with E-state index in [1.165, 1.54) is 11.8 Å². The van der Waals surface area contributed by atoms with Crippen LogP contribution in [-0.4, -0.2) is 43.0 Å². The first kappa shape index (κ1) is 16.0. The molecule has 0 spiro atoms. The molecule has 0 bridgehead atoms. The van der Waals surface area contributed by atoms with Crippen LogP contribution in [0, 0.1) is 5.92 Å². The minimum absolute atomic E-state index is 0.541. The van der Waals surface area contributed by atoms with Gasteiger partial charge in [0.1, 0.15) is 11.6 Å². The number of hydrazine groups is 1. The highest BCUT2D eigenvalue weighted by atomic mass is 32.2. The molecule has 3 N–H and O–H groups in total. The molecule has 1 aromatic rings. The number of anilines is 2. The number of hydrogen-bond donors (Lipinski definition) is 2. The second-order valence-corrected chi connectivity index (χ2v) is 5.35. The Hall–Kier alpha value is -1.05. The molecule has 0 aliphatic rings. The third kappa shape index (κ3) is 5.22. The van der Waals surface area contributed by atoms with Crippen molar-refractivity contribution in [2.75, 3.05) is 43.4 Å². The maximum absolute atomic E-state index is 5.45. The number of nitrogens with two attached hydrogens (primary N) is 1. The zero-order valence-electron chi connectivity index (χ0n) is 12.0. The third-order valence-corrected chi connectivity index (χ3v) is 3.05. The summed E-state index contributed by atoms with van der Waals surface area (Å²) in [6.45, 7) is 6.73. The molecule has 1 heterocycles. The number of ether oxygens (including phenoxy) is 1. The summed E-state index contributed by atoms with van der Waals surface area (Å²) in [6, 6.07) is 1.86. The lowest BCUT2D eigenvalue weighted by atomic mass is 10.2. The molecule has 6 nitrogen and oxygen atoms in total. The van der Waals surface area contributed by atoms with E-state index in [0.717, 1.165) is 18.9 Å². The van der Waals surface area contributed by atoms with Crippen LogP contribution in [0.5, 0.6) is 0 Å². The topological polar surface area (TPSA) is 76.3 Å². The van der Waals surface area contributed by atoms with Crippen LogP contribution >= 0.6 is 11.8 Å². The molecule has 0 fully saturated rings. The number of nitrogens with one attached hydrogen (secondary N) is 1. The predicted molar refractivity (Wildman–Crippen MR) is 80.6 cm³/mol. The Morgan fingerprint density at radius 3 is 2.74 bits per heavy atom. The molecule has 0 unspecified atom stereocenters. The van der Waals surface area contributed by atoms with Crippen molar-refractivity contribution in [1.82, 2.24) is 9.97 Å². The Balaban J connectivity index is 2.98. The van der Waals surface area contributed by atoms with Gasteiger partial charge in [0.2, 0.25) is 0 Å². The Morgan fingerprint density at radius 1 is 1.47 bits per heavy atom. The maximum atomic E-state index is 5.45. The van der Waals surface area contributed by atoms with E-state index in [1.54, 1.807) is 7.11 Å². The van der Waals surface area contributed by atoms with Crippen molar-refractivity contribution in [3.05, 3.63) is 6.07 Å². The van der Waals surface area contributed by atoms with Crippen molar-refractivity contribution in [3.8, 4) is 0 Å². The van der Waals surface area contributed by atoms with E-state index in [4.69, 9.17) is 10.6 Å². The molecule has 19 heavy (non-hydrogen) atoms. The van der Waals surface area contributed by atoms with Gasteiger partial charge in [0.05, 0.1) is 6.61 Å². The molecular formula is C12H23N5OS. The van der Waals surface area contributed by atoms with Gasteiger partial charge in [-0.15, -0.1) is 0 Å². The van der Waals surface area contributed by atoms with E-state index in [0.29, 0.717) is 23.5 Å². The predicted octanol–water partition coefficient (Wildman–Crippen LogP) is 1.59. The van der Waals surface area contributed by atoms with E-state index in [1.807, 2.05) is 12.3 Å². The molecule has 108 valence electrons. The second-order valence-electron chi connectivity index (χ2n) is 4.58. The molecule has 0 radical (unpaired) electrons. The molecule has 0 aromatic carbocycles. The van der Waals surface area contributed by atoms with Crippen LogP contribution in [0.4, 0.5) is 11.6 Å². The number of methoxy groups -OCH3 is 1. The lowest BCUT2D eigenvalue weighted by Gasteiger charge is -2.25. The lowest BCUT2D eigenvalue weighted by Crippen LogP contribution is -2.32. The van der Waals surface area contributed by atoms with E-state index < -0.39 is 0 Å². The van der Waals surface area contributed by atoms with E-state index in [9.17, 15) is 0 Å². The molecule has 0 saturated carbocycles. The standard InChI is InChI=1S/C12H23N5OS/c1-9(2)8-17(5-6-18-3)11-7-10(16-13)14-12(15-11)19-4/h7,9H,5-6,8,13H2,1-4H3,(H,14,15,16). The molecule has 1 aromatic heterocycles. The maximum Gasteiger partial charge on any atom is 0.191 e. The van der Waals surface area contributed by atoms with Gasteiger partial charge in [0, 0.05) is 26.3 Å². The molecule has 0 amide bonds. The minimum Gasteiger partial charge on any atom is -0.383 e. The number of hydrogen-bond acceptors (Lipinski definition) is 7. The average molecular weight is 285 g/mol. The monoisotopic (exact) mass is 285 g/mol. The largest absolute Gasteiger partial charge is 0.383 e. The highest BCUT2D eigenvalue weighted by molar-refractivity contribution is 7.98. The summed E-state index contributed by atoms with van der Waals surface area (Å²) < 4.78 is 5.16. The molecule has 0 saturated heterocycles. The zero-order chi connectivity index (χ0) is 14.3. The van der Waals surface area contributed by atoms with Crippen LogP contribution in [0.15, 0.2) is 11.2 Å². The first-order chi connectivity index (χ1) is 9.10. The fourth-order valence-corrected chi connectivity index (χ4v) is 2.06. The number of rotatable bonds is 8. The Labute approximate surface area is 119 Å². The van der Waals surface area contributed by atoms with Crippen LogP contribution in [0.3, 0.4) is 0 Å². The van der Waals surface area contributed by atoms with Crippen molar-refractivity contribution in [2.45, 2.75) is 19.0 Å². The molecule has 7 heteroatoms. The van der Waals surface area contributed by atoms with Crippen LogP contribution in [0.25, 0.3) is 0 Å². The summed E-state index contributed by atoms with van der Waals surface area (Å²) in [5.74, 6) is 7.49. The quantitative estimate of drug-likeness (QED) is 0.325. The summed E-state index contributed by atoms with van der Waals surface area (Å²) in [5.41, 5.74) is 2.58. The summed E-state index contributed by atoms with van der Waals surface area (Å²) in [7, 11) is 1.70. The highest BCUT2D eigenvalue weighted by Gasteiger charge is 2.12. The van der Waals surface area contributed by atoms with Crippen molar-refractivity contribution in [1.29, 1.82) is 0 Å². The summed E-state index contributed by atoms with van der Waals surface area (Å²) in [4.78, 5) is 11.0. The van der Waals surface area contributed by atoms with Crippen molar-refractivity contribution in [2.24, 2.45) is 11.8 Å². The van der Waals surface area contributed by atoms with Crippen LogP contribution in [0.2, 0.25) is 0 Å². The molecule has 0 aliphatic carbocycles. The van der Waals surface area contributed by atoms with Gasteiger partial charge in [0.25, 0.3) is 0 Å². The second kappa shape index (κ2) is 8.19. The van der Waals surface area contributed by atoms with Crippen molar-refractivity contribution < 1.29 is 4.74 Å². The van der Waals surface area contributed by atoms with Gasteiger partial charge in [-0.3, -0.25) is 0 Å². The number of nitrogen functional groups attached to an aromatic ring is 1. The average Bonchev–Trinajstić information content (AvgIpc) is 2.42. The smallest absolute Gasteiger partial charge is 0.191 e. The van der Waals surface area contributed by atoms with Gasteiger partial charge in [0.15, 0.2) is 5.16 Å². The SMILES string of the molecule is COCCN(CC(C)C)c1cc(NN)nc(SC)n1. The number of nitrogens with zero attached hydrogens (tertiary/aromatic N) is 3. The Morgan fingerprint density at radius 2 is 2.21 bits per heavy atom. The van der Waals surface area contributed by atoms with Gasteiger partial charge in [-0.2, -0.15) is 0 Å². The normalized spacial score (nSPS) is 10.8. The summed E-state index contributed by atoms with van der Waals surface area (Å²) in [5, 5.41) is 0.705. The highest BCUT2D eigenvalue weighted by Crippen LogP contribution is 2.20. The molecule has 1 rings (SSSR count). The molecular weight excluding hydrogens is 262 g/mol. The van der Waals surface area contributed by atoms with Gasteiger partial charge in [-0.1, -0.05) is 25.6 Å². The summed E-state index contributed by atoms with van der Waals surface area (Å²) in [6.07, 6.45) is 1.95. The van der Waals surface area contributed by atoms with Crippen LogP contribution < -0.4 is 16.2 Å². The molecule has 0 aliphatic heterocycles. The lowest BCUT2D eigenvalue weighted by molar-refractivity contribution is 0.204. The van der Waals surface area contributed by atoms with Crippen LogP contribution in [0.1, 0.15) is 13.8 Å². The Kier molecular flexibility index (Phi) is 6.90. The fraction of sp³-hybridized carbons (Fsp3) is 0.667. The zero-order valence-corrected chi connectivity index (χ0v) is 12.8. The van der Waals surface area contributed by atoms with Gasteiger partial charge < -0.3 is 15.1 Å². The van der Waals surface area contributed by atoms with Gasteiger partial charge >= 0.3 is 0 Å². The van der Waals surface area contributed by atoms with E-state index in [2.05, 4.69) is 34.1 Å². The van der Waals surface area contributed by atoms with Crippen LogP contribution in [-0.2, 0) is 4.74 Å². The van der Waals surface area contributed by atoms with Gasteiger partial charge in [-0.05, 0) is 12.2 Å².